The summed E-state index contributed by atoms with van der Waals surface area (Å²) in [4.78, 5) is 11.9. The van der Waals surface area contributed by atoms with Crippen LogP contribution in [0, 0.1) is 0 Å². The summed E-state index contributed by atoms with van der Waals surface area (Å²) in [5, 5.41) is 14.8. The van der Waals surface area contributed by atoms with Crippen LogP contribution in [0.5, 0.6) is 0 Å². The Morgan fingerprint density at radius 2 is 1.61 bits per heavy atom. The maximum atomic E-state index is 11.9. The van der Waals surface area contributed by atoms with Crippen LogP contribution < -0.4 is 10.6 Å². The van der Waals surface area contributed by atoms with Gasteiger partial charge < -0.3 is 15.7 Å². The normalized spacial score (nSPS) is 10.3. The Bertz CT molecular complexity index is 624. The lowest BCUT2D eigenvalue weighted by Crippen LogP contribution is -2.36. The van der Waals surface area contributed by atoms with Crippen LogP contribution in [0.3, 0.4) is 0 Å². The van der Waals surface area contributed by atoms with Crippen molar-refractivity contribution in [1.82, 2.24) is 10.6 Å². The Kier molecular flexibility index (Phi) is 6.63. The number of carbonyl (C=O) groups excluding carboxylic acids is 1. The molecular formula is C19H24N2O2. The fourth-order valence-electron chi connectivity index (χ4n) is 2.44. The first kappa shape index (κ1) is 17.0. The molecule has 2 aromatic carbocycles. The minimum atomic E-state index is -0.150. The summed E-state index contributed by atoms with van der Waals surface area (Å²) >= 11 is 0. The van der Waals surface area contributed by atoms with E-state index in [1.807, 2.05) is 42.5 Å². The topological polar surface area (TPSA) is 61.4 Å². The molecule has 3 N–H and O–H groups in total. The van der Waals surface area contributed by atoms with Crippen molar-refractivity contribution in [2.24, 2.45) is 0 Å². The number of rotatable bonds is 7. The molecule has 0 heterocycles. The molecule has 0 saturated heterocycles. The van der Waals surface area contributed by atoms with E-state index in [9.17, 15) is 4.79 Å². The SMILES string of the molecule is CCc1ccccc1CNC(=O)NCCc1ccc(CO)cc1. The molecule has 4 heteroatoms. The largest absolute Gasteiger partial charge is 0.392 e. The highest BCUT2D eigenvalue weighted by Crippen LogP contribution is 2.08. The number of amides is 2. The molecule has 23 heavy (non-hydrogen) atoms. The number of nitrogens with one attached hydrogen (secondary N) is 2. The number of carbonyl (C=O) groups is 1. The Morgan fingerprint density at radius 1 is 0.957 bits per heavy atom. The molecule has 0 aliphatic carbocycles. The van der Waals surface area contributed by atoms with Crippen molar-refractivity contribution in [3.05, 3.63) is 70.8 Å². The van der Waals surface area contributed by atoms with E-state index in [-0.39, 0.29) is 12.6 Å². The first-order valence-corrected chi connectivity index (χ1v) is 8.00. The minimum absolute atomic E-state index is 0.0557. The van der Waals surface area contributed by atoms with Crippen molar-refractivity contribution in [3.63, 3.8) is 0 Å². The van der Waals surface area contributed by atoms with Gasteiger partial charge in [-0.25, -0.2) is 4.79 Å². The van der Waals surface area contributed by atoms with E-state index in [1.165, 1.54) is 5.56 Å². The second-order valence-corrected chi connectivity index (χ2v) is 5.46. The molecule has 0 aromatic heterocycles. The van der Waals surface area contributed by atoms with Gasteiger partial charge in [-0.3, -0.25) is 0 Å². The molecule has 0 bridgehead atoms. The molecule has 2 amide bonds. The standard InChI is InChI=1S/C19H24N2O2/c1-2-17-5-3-4-6-18(17)13-21-19(23)20-12-11-15-7-9-16(14-22)10-8-15/h3-10,22H,2,11-14H2,1H3,(H2,20,21,23). The first-order valence-electron chi connectivity index (χ1n) is 8.00. The smallest absolute Gasteiger partial charge is 0.315 e. The van der Waals surface area contributed by atoms with Crippen molar-refractivity contribution < 1.29 is 9.90 Å². The molecule has 0 fully saturated rings. The second-order valence-electron chi connectivity index (χ2n) is 5.46. The van der Waals surface area contributed by atoms with Gasteiger partial charge in [0.05, 0.1) is 6.61 Å². The van der Waals surface area contributed by atoms with Crippen LogP contribution in [0.4, 0.5) is 4.79 Å². The van der Waals surface area contributed by atoms with E-state index < -0.39 is 0 Å². The molecule has 0 aliphatic rings. The van der Waals surface area contributed by atoms with Gasteiger partial charge in [0.1, 0.15) is 0 Å². The molecule has 0 atom stereocenters. The molecule has 122 valence electrons. The summed E-state index contributed by atoms with van der Waals surface area (Å²) in [6.45, 7) is 3.29. The van der Waals surface area contributed by atoms with Crippen molar-refractivity contribution in [2.45, 2.75) is 32.9 Å². The van der Waals surface area contributed by atoms with Gasteiger partial charge in [-0.2, -0.15) is 0 Å². The highest BCUT2D eigenvalue weighted by Gasteiger charge is 2.03. The lowest BCUT2D eigenvalue weighted by molar-refractivity contribution is 0.240. The maximum absolute atomic E-state index is 11.9. The van der Waals surface area contributed by atoms with E-state index in [4.69, 9.17) is 5.11 Å². The van der Waals surface area contributed by atoms with Crippen molar-refractivity contribution in [3.8, 4) is 0 Å². The molecule has 0 unspecified atom stereocenters. The van der Waals surface area contributed by atoms with Gasteiger partial charge in [-0.15, -0.1) is 0 Å². The van der Waals surface area contributed by atoms with E-state index in [0.717, 1.165) is 29.5 Å². The number of aryl methyl sites for hydroxylation is 1. The number of benzene rings is 2. The molecule has 0 spiro atoms. The monoisotopic (exact) mass is 312 g/mol. The van der Waals surface area contributed by atoms with Crippen LogP contribution in [0.25, 0.3) is 0 Å². The molecule has 0 radical (unpaired) electrons. The average molecular weight is 312 g/mol. The molecule has 4 nitrogen and oxygen atoms in total. The zero-order valence-corrected chi connectivity index (χ0v) is 13.5. The summed E-state index contributed by atoms with van der Waals surface area (Å²) in [6.07, 6.45) is 1.73. The molecular weight excluding hydrogens is 288 g/mol. The maximum Gasteiger partial charge on any atom is 0.315 e. The zero-order valence-electron chi connectivity index (χ0n) is 13.5. The molecule has 0 aliphatic heterocycles. The van der Waals surface area contributed by atoms with Crippen LogP contribution in [0.2, 0.25) is 0 Å². The molecule has 2 aromatic rings. The summed E-state index contributed by atoms with van der Waals surface area (Å²) in [6, 6.07) is 15.7. The zero-order chi connectivity index (χ0) is 16.5. The van der Waals surface area contributed by atoms with E-state index >= 15 is 0 Å². The van der Waals surface area contributed by atoms with E-state index in [2.05, 4.69) is 23.6 Å². The Hall–Kier alpha value is -2.33. The fourth-order valence-corrected chi connectivity index (χ4v) is 2.44. The van der Waals surface area contributed by atoms with Crippen LogP contribution in [0.1, 0.15) is 29.2 Å². The van der Waals surface area contributed by atoms with Gasteiger partial charge in [0.25, 0.3) is 0 Å². The minimum Gasteiger partial charge on any atom is -0.392 e. The summed E-state index contributed by atoms with van der Waals surface area (Å²) < 4.78 is 0. The van der Waals surface area contributed by atoms with Gasteiger partial charge in [0, 0.05) is 13.1 Å². The predicted molar refractivity (Wildman–Crippen MR) is 92.1 cm³/mol. The van der Waals surface area contributed by atoms with Crippen LogP contribution in [-0.4, -0.2) is 17.7 Å². The average Bonchev–Trinajstić information content (AvgIpc) is 2.60. The predicted octanol–water partition coefficient (Wildman–Crippen LogP) is 2.78. The van der Waals surface area contributed by atoms with Gasteiger partial charge in [-0.05, 0) is 35.1 Å². The summed E-state index contributed by atoms with van der Waals surface area (Å²) in [5.41, 5.74) is 4.45. The van der Waals surface area contributed by atoms with Gasteiger partial charge >= 0.3 is 6.03 Å². The van der Waals surface area contributed by atoms with Crippen molar-refractivity contribution in [1.29, 1.82) is 0 Å². The van der Waals surface area contributed by atoms with E-state index in [1.54, 1.807) is 0 Å². The second kappa shape index (κ2) is 8.96. The van der Waals surface area contributed by atoms with Crippen LogP contribution >= 0.6 is 0 Å². The number of aliphatic hydroxyl groups is 1. The third-order valence-corrected chi connectivity index (χ3v) is 3.84. The highest BCUT2D eigenvalue weighted by atomic mass is 16.3. The van der Waals surface area contributed by atoms with Crippen molar-refractivity contribution in [2.75, 3.05) is 6.54 Å². The Balaban J connectivity index is 1.72. The molecule has 2 rings (SSSR count). The number of aliphatic hydroxyl groups excluding tert-OH is 1. The Morgan fingerprint density at radius 3 is 2.26 bits per heavy atom. The lowest BCUT2D eigenvalue weighted by atomic mass is 10.1. The number of hydrogen-bond donors (Lipinski definition) is 3. The van der Waals surface area contributed by atoms with Gasteiger partial charge in [0.15, 0.2) is 0 Å². The van der Waals surface area contributed by atoms with Crippen molar-refractivity contribution >= 4 is 6.03 Å². The first-order chi connectivity index (χ1) is 11.2. The van der Waals surface area contributed by atoms with Gasteiger partial charge in [-0.1, -0.05) is 55.5 Å². The lowest BCUT2D eigenvalue weighted by Gasteiger charge is -2.10. The van der Waals surface area contributed by atoms with Gasteiger partial charge in [0.2, 0.25) is 0 Å². The summed E-state index contributed by atoms with van der Waals surface area (Å²) in [5.74, 6) is 0. The molecule has 0 saturated carbocycles. The van der Waals surface area contributed by atoms with E-state index in [0.29, 0.717) is 13.1 Å². The Labute approximate surface area is 137 Å². The highest BCUT2D eigenvalue weighted by molar-refractivity contribution is 5.73. The van der Waals surface area contributed by atoms with Crippen LogP contribution in [-0.2, 0) is 26.0 Å². The van der Waals surface area contributed by atoms with Crippen LogP contribution in [0.15, 0.2) is 48.5 Å². The fraction of sp³-hybridized carbons (Fsp3) is 0.316. The third kappa shape index (κ3) is 5.42. The third-order valence-electron chi connectivity index (χ3n) is 3.84. The number of urea groups is 1. The number of hydrogen-bond acceptors (Lipinski definition) is 2. The summed E-state index contributed by atoms with van der Waals surface area (Å²) in [7, 11) is 0. The quantitative estimate of drug-likeness (QED) is 0.736.